The number of benzene rings is 1. The minimum absolute atomic E-state index is 0.0541. The molecule has 0 aromatic heterocycles. The molecule has 0 aliphatic rings. The molecule has 0 unspecified atom stereocenters. The van der Waals surface area contributed by atoms with Crippen LogP contribution in [0.5, 0.6) is 0 Å². The van der Waals surface area contributed by atoms with Gasteiger partial charge in [0.25, 0.3) is 0 Å². The van der Waals surface area contributed by atoms with Gasteiger partial charge in [-0.3, -0.25) is 4.79 Å². The monoisotopic (exact) mass is 295 g/mol. The van der Waals surface area contributed by atoms with Gasteiger partial charge in [-0.1, -0.05) is 11.6 Å². The summed E-state index contributed by atoms with van der Waals surface area (Å²) in [5.74, 6) is -1.73. The first-order valence-corrected chi connectivity index (χ1v) is 6.85. The van der Waals surface area contributed by atoms with Crippen molar-refractivity contribution in [3.05, 3.63) is 29.0 Å². The Bertz CT molecular complexity index is 547. The summed E-state index contributed by atoms with van der Waals surface area (Å²) < 4.78 is 38.6. The SMILES string of the molecule is O=C(O)CCCNS(=O)(=O)c1cc(F)ccc1Cl. The van der Waals surface area contributed by atoms with E-state index in [1.165, 1.54) is 0 Å². The highest BCUT2D eigenvalue weighted by Gasteiger charge is 2.18. The highest BCUT2D eigenvalue weighted by atomic mass is 35.5. The number of aliphatic carboxylic acids is 1. The lowest BCUT2D eigenvalue weighted by Crippen LogP contribution is -2.25. The molecular weight excluding hydrogens is 285 g/mol. The Morgan fingerprint density at radius 1 is 1.44 bits per heavy atom. The first-order valence-electron chi connectivity index (χ1n) is 4.99. The quantitative estimate of drug-likeness (QED) is 0.781. The zero-order valence-corrected chi connectivity index (χ0v) is 10.8. The van der Waals surface area contributed by atoms with E-state index >= 15 is 0 Å². The lowest BCUT2D eigenvalue weighted by Gasteiger charge is -2.07. The van der Waals surface area contributed by atoms with Crippen LogP contribution in [0.3, 0.4) is 0 Å². The zero-order chi connectivity index (χ0) is 13.8. The summed E-state index contributed by atoms with van der Waals surface area (Å²) >= 11 is 5.66. The first-order chi connectivity index (χ1) is 8.33. The maximum atomic E-state index is 12.9. The molecule has 0 spiro atoms. The molecule has 0 aliphatic carbocycles. The van der Waals surface area contributed by atoms with E-state index in [4.69, 9.17) is 16.7 Å². The molecule has 0 aliphatic heterocycles. The molecule has 0 saturated heterocycles. The maximum Gasteiger partial charge on any atom is 0.303 e. The van der Waals surface area contributed by atoms with E-state index in [1.54, 1.807) is 0 Å². The molecule has 18 heavy (non-hydrogen) atoms. The van der Waals surface area contributed by atoms with Crippen LogP contribution in [0, 0.1) is 5.82 Å². The lowest BCUT2D eigenvalue weighted by molar-refractivity contribution is -0.137. The first kappa shape index (κ1) is 14.9. The normalized spacial score (nSPS) is 11.4. The predicted octanol–water partition coefficient (Wildman–Crippen LogP) is 1.62. The summed E-state index contributed by atoms with van der Waals surface area (Å²) in [4.78, 5) is 9.88. The third-order valence-electron chi connectivity index (χ3n) is 2.04. The van der Waals surface area contributed by atoms with Crippen molar-refractivity contribution in [3.63, 3.8) is 0 Å². The molecule has 1 rings (SSSR count). The molecule has 0 amide bonds. The standard InChI is InChI=1S/C10H11ClFNO4S/c11-8-4-3-7(12)6-9(8)18(16,17)13-5-1-2-10(14)15/h3-4,6,13H,1-2,5H2,(H,14,15). The van der Waals surface area contributed by atoms with E-state index in [0.717, 1.165) is 18.2 Å². The summed E-state index contributed by atoms with van der Waals surface area (Å²) in [5.41, 5.74) is 0. The van der Waals surface area contributed by atoms with Crippen molar-refractivity contribution in [3.8, 4) is 0 Å². The third-order valence-corrected chi connectivity index (χ3v) is 3.98. The number of carboxylic acids is 1. The summed E-state index contributed by atoms with van der Waals surface area (Å²) in [6, 6.07) is 3.00. The maximum absolute atomic E-state index is 12.9. The summed E-state index contributed by atoms with van der Waals surface area (Å²) in [6.45, 7) is -0.0541. The minimum Gasteiger partial charge on any atom is -0.481 e. The van der Waals surface area contributed by atoms with Crippen molar-refractivity contribution >= 4 is 27.6 Å². The fourth-order valence-electron chi connectivity index (χ4n) is 1.21. The molecule has 100 valence electrons. The summed E-state index contributed by atoms with van der Waals surface area (Å²) in [6.07, 6.45) is -0.0130. The molecule has 5 nitrogen and oxygen atoms in total. The van der Waals surface area contributed by atoms with E-state index < -0.39 is 21.8 Å². The van der Waals surface area contributed by atoms with Gasteiger partial charge in [0.1, 0.15) is 10.7 Å². The Hall–Kier alpha value is -1.18. The van der Waals surface area contributed by atoms with E-state index in [2.05, 4.69) is 4.72 Å². The smallest absolute Gasteiger partial charge is 0.303 e. The van der Waals surface area contributed by atoms with Crippen LogP contribution in [-0.4, -0.2) is 26.0 Å². The molecule has 0 atom stereocenters. The van der Waals surface area contributed by atoms with E-state index in [0.29, 0.717) is 0 Å². The second kappa shape index (κ2) is 6.12. The molecule has 8 heteroatoms. The van der Waals surface area contributed by atoms with Crippen molar-refractivity contribution < 1.29 is 22.7 Å². The number of halogens is 2. The molecule has 0 radical (unpaired) electrons. The van der Waals surface area contributed by atoms with Crippen LogP contribution in [0.4, 0.5) is 4.39 Å². The van der Waals surface area contributed by atoms with Crippen molar-refractivity contribution in [2.75, 3.05) is 6.54 Å². The van der Waals surface area contributed by atoms with Gasteiger partial charge in [0.15, 0.2) is 0 Å². The molecule has 0 saturated carbocycles. The fraction of sp³-hybridized carbons (Fsp3) is 0.300. The number of sulfonamides is 1. The molecule has 0 heterocycles. The lowest BCUT2D eigenvalue weighted by atomic mass is 10.3. The number of rotatable bonds is 6. The van der Waals surface area contributed by atoms with Gasteiger partial charge in [0.2, 0.25) is 10.0 Å². The van der Waals surface area contributed by atoms with Crippen molar-refractivity contribution in [1.82, 2.24) is 4.72 Å². The minimum atomic E-state index is -3.93. The Balaban J connectivity index is 2.74. The molecule has 2 N–H and O–H groups in total. The van der Waals surface area contributed by atoms with Gasteiger partial charge >= 0.3 is 5.97 Å². The molecule has 0 bridgehead atoms. The van der Waals surface area contributed by atoms with Crippen LogP contribution in [0.15, 0.2) is 23.1 Å². The number of carbonyl (C=O) groups is 1. The summed E-state index contributed by atoms with van der Waals surface area (Å²) in [5, 5.41) is 8.30. The average molecular weight is 296 g/mol. The van der Waals surface area contributed by atoms with Crippen molar-refractivity contribution in [2.24, 2.45) is 0 Å². The highest BCUT2D eigenvalue weighted by molar-refractivity contribution is 7.89. The Kier molecular flexibility index (Phi) is 5.06. The number of hydrogen-bond donors (Lipinski definition) is 2. The average Bonchev–Trinajstić information content (AvgIpc) is 2.27. The second-order valence-corrected chi connectivity index (χ2v) is 5.61. The van der Waals surface area contributed by atoms with Crippen LogP contribution in [0.2, 0.25) is 5.02 Å². The molecular formula is C10H11ClFNO4S. The van der Waals surface area contributed by atoms with E-state index in [-0.39, 0.29) is 29.3 Å². The van der Waals surface area contributed by atoms with Gasteiger partial charge in [-0.15, -0.1) is 0 Å². The topological polar surface area (TPSA) is 83.5 Å². The Labute approximate surface area is 109 Å². The molecule has 0 fully saturated rings. The van der Waals surface area contributed by atoms with Crippen molar-refractivity contribution in [1.29, 1.82) is 0 Å². The van der Waals surface area contributed by atoms with E-state index in [9.17, 15) is 17.6 Å². The Morgan fingerprint density at radius 2 is 2.11 bits per heavy atom. The fourth-order valence-corrected chi connectivity index (χ4v) is 2.79. The van der Waals surface area contributed by atoms with Gasteiger partial charge in [-0.05, 0) is 24.6 Å². The van der Waals surface area contributed by atoms with Crippen LogP contribution >= 0.6 is 11.6 Å². The van der Waals surface area contributed by atoms with Gasteiger partial charge in [0, 0.05) is 13.0 Å². The molecule has 1 aromatic carbocycles. The second-order valence-electron chi connectivity index (χ2n) is 3.47. The van der Waals surface area contributed by atoms with Gasteiger partial charge in [0.05, 0.1) is 5.02 Å². The Morgan fingerprint density at radius 3 is 2.72 bits per heavy atom. The summed E-state index contributed by atoms with van der Waals surface area (Å²) in [7, 11) is -3.93. The van der Waals surface area contributed by atoms with Gasteiger partial charge in [-0.2, -0.15) is 0 Å². The molecule has 1 aromatic rings. The largest absolute Gasteiger partial charge is 0.481 e. The van der Waals surface area contributed by atoms with Crippen LogP contribution in [0.1, 0.15) is 12.8 Å². The van der Waals surface area contributed by atoms with Gasteiger partial charge < -0.3 is 5.11 Å². The van der Waals surface area contributed by atoms with E-state index in [1.807, 2.05) is 0 Å². The van der Waals surface area contributed by atoms with Gasteiger partial charge in [-0.25, -0.2) is 17.5 Å². The number of carboxylic acid groups (broad SMARTS) is 1. The number of hydrogen-bond acceptors (Lipinski definition) is 3. The zero-order valence-electron chi connectivity index (χ0n) is 9.19. The highest BCUT2D eigenvalue weighted by Crippen LogP contribution is 2.21. The number of nitrogens with one attached hydrogen (secondary N) is 1. The van der Waals surface area contributed by atoms with Crippen LogP contribution < -0.4 is 4.72 Å². The van der Waals surface area contributed by atoms with Crippen LogP contribution in [-0.2, 0) is 14.8 Å². The van der Waals surface area contributed by atoms with Crippen LogP contribution in [0.25, 0.3) is 0 Å². The van der Waals surface area contributed by atoms with Crippen molar-refractivity contribution in [2.45, 2.75) is 17.7 Å². The third kappa shape index (κ3) is 4.25. The predicted molar refractivity (Wildman–Crippen MR) is 63.5 cm³/mol.